The Kier molecular flexibility index (Phi) is 3.82. The zero-order valence-electron chi connectivity index (χ0n) is 14.4. The third-order valence-electron chi connectivity index (χ3n) is 4.43. The number of benzene rings is 1. The van der Waals surface area contributed by atoms with Crippen LogP contribution in [0.3, 0.4) is 0 Å². The van der Waals surface area contributed by atoms with E-state index in [0.29, 0.717) is 0 Å². The summed E-state index contributed by atoms with van der Waals surface area (Å²) in [5, 5.41) is 0. The lowest BCUT2D eigenvalue weighted by atomic mass is 10.1. The minimum absolute atomic E-state index is 0.879. The molecule has 1 aromatic carbocycles. The molecule has 0 saturated carbocycles. The van der Waals surface area contributed by atoms with E-state index in [1.165, 1.54) is 36.2 Å². The number of imidazole rings is 1. The maximum Gasteiger partial charge on any atom is 0.151 e. The number of hydrogen-bond acceptors (Lipinski definition) is 3. The number of hydrogen-bond donors (Lipinski definition) is 0. The second-order valence-corrected chi connectivity index (χ2v) is 9.03. The molecule has 0 unspecified atom stereocenters. The van der Waals surface area contributed by atoms with E-state index in [0.717, 1.165) is 17.9 Å². The lowest BCUT2D eigenvalue weighted by molar-refractivity contribution is 0.850. The van der Waals surface area contributed by atoms with Gasteiger partial charge in [0, 0.05) is 14.6 Å². The molecule has 0 spiro atoms. The van der Waals surface area contributed by atoms with Gasteiger partial charge in [-0.15, -0.1) is 22.7 Å². The second-order valence-electron chi connectivity index (χ2n) is 6.37. The van der Waals surface area contributed by atoms with Gasteiger partial charge in [0.15, 0.2) is 5.82 Å². The first-order valence-electron chi connectivity index (χ1n) is 8.11. The van der Waals surface area contributed by atoms with Crippen LogP contribution < -0.4 is 0 Å². The van der Waals surface area contributed by atoms with Crippen LogP contribution in [-0.4, -0.2) is 9.55 Å². The van der Waals surface area contributed by atoms with Gasteiger partial charge in [0.1, 0.15) is 0 Å². The number of aromatic nitrogens is 2. The predicted molar refractivity (Wildman–Crippen MR) is 105 cm³/mol. The van der Waals surface area contributed by atoms with Crippen molar-refractivity contribution in [3.05, 3.63) is 62.2 Å². The van der Waals surface area contributed by atoms with Gasteiger partial charge < -0.3 is 4.57 Å². The van der Waals surface area contributed by atoms with Crippen molar-refractivity contribution in [3.8, 4) is 10.7 Å². The van der Waals surface area contributed by atoms with Gasteiger partial charge in [0.2, 0.25) is 0 Å². The Bertz CT molecular complexity index is 1030. The van der Waals surface area contributed by atoms with E-state index in [2.05, 4.69) is 68.7 Å². The van der Waals surface area contributed by atoms with E-state index < -0.39 is 0 Å². The number of aryl methyl sites for hydroxylation is 4. The van der Waals surface area contributed by atoms with Crippen molar-refractivity contribution in [1.82, 2.24) is 9.55 Å². The molecule has 4 heteroatoms. The normalized spacial score (nSPS) is 11.5. The largest absolute Gasteiger partial charge is 0.318 e. The lowest BCUT2D eigenvalue weighted by Gasteiger charge is -2.08. The molecular formula is C20H20N2S2. The first kappa shape index (κ1) is 15.6. The third-order valence-corrected chi connectivity index (χ3v) is 6.42. The summed E-state index contributed by atoms with van der Waals surface area (Å²) in [5.41, 5.74) is 4.94. The highest BCUT2D eigenvalue weighted by atomic mass is 32.1. The van der Waals surface area contributed by atoms with Crippen molar-refractivity contribution in [3.63, 3.8) is 0 Å². The van der Waals surface area contributed by atoms with Gasteiger partial charge in [-0.05, 0) is 75.2 Å². The minimum Gasteiger partial charge on any atom is -0.318 e. The zero-order chi connectivity index (χ0) is 16.8. The molecule has 3 heterocycles. The quantitative estimate of drug-likeness (QED) is 0.435. The molecule has 122 valence electrons. The standard InChI is InChI=1S/C20H20N2S2/c1-12-9-17-18(10-13(12)2)22(11-16-7-5-14(3)23-16)20(21-17)19-8-6-15(4)24-19/h5-10H,11H2,1-4H3. The number of thiophene rings is 2. The van der Waals surface area contributed by atoms with Crippen molar-refractivity contribution in [2.75, 3.05) is 0 Å². The van der Waals surface area contributed by atoms with Gasteiger partial charge >= 0.3 is 0 Å². The fourth-order valence-electron chi connectivity index (χ4n) is 3.01. The fourth-order valence-corrected chi connectivity index (χ4v) is 4.75. The Labute approximate surface area is 150 Å². The lowest BCUT2D eigenvalue weighted by Crippen LogP contribution is -2.00. The summed E-state index contributed by atoms with van der Waals surface area (Å²) in [5.74, 6) is 1.08. The van der Waals surface area contributed by atoms with E-state index in [9.17, 15) is 0 Å². The second kappa shape index (κ2) is 5.87. The Morgan fingerprint density at radius 2 is 1.58 bits per heavy atom. The maximum atomic E-state index is 4.98. The van der Waals surface area contributed by atoms with Crippen molar-refractivity contribution in [1.29, 1.82) is 0 Å². The van der Waals surface area contributed by atoms with Crippen LogP contribution in [0.25, 0.3) is 21.7 Å². The van der Waals surface area contributed by atoms with Gasteiger partial charge in [0.25, 0.3) is 0 Å². The van der Waals surface area contributed by atoms with Crippen LogP contribution in [0.2, 0.25) is 0 Å². The number of nitrogens with zero attached hydrogens (tertiary/aromatic N) is 2. The molecule has 2 nitrogen and oxygen atoms in total. The molecule has 4 aromatic rings. The smallest absolute Gasteiger partial charge is 0.151 e. The van der Waals surface area contributed by atoms with Crippen molar-refractivity contribution in [2.24, 2.45) is 0 Å². The molecule has 3 aromatic heterocycles. The molecule has 0 atom stereocenters. The average molecular weight is 353 g/mol. The molecule has 0 aliphatic carbocycles. The molecule has 0 bridgehead atoms. The van der Waals surface area contributed by atoms with Gasteiger partial charge in [-0.3, -0.25) is 0 Å². The highest BCUT2D eigenvalue weighted by Crippen LogP contribution is 2.32. The van der Waals surface area contributed by atoms with Crippen LogP contribution in [0.4, 0.5) is 0 Å². The van der Waals surface area contributed by atoms with Crippen LogP contribution in [0.5, 0.6) is 0 Å². The predicted octanol–water partition coefficient (Wildman–Crippen LogP) is 6.11. The van der Waals surface area contributed by atoms with E-state index in [1.54, 1.807) is 0 Å². The van der Waals surface area contributed by atoms with Crippen molar-refractivity contribution >= 4 is 33.7 Å². The highest BCUT2D eigenvalue weighted by molar-refractivity contribution is 7.15. The summed E-state index contributed by atoms with van der Waals surface area (Å²) in [6, 6.07) is 13.3. The molecular weight excluding hydrogens is 332 g/mol. The van der Waals surface area contributed by atoms with Crippen LogP contribution in [0, 0.1) is 27.7 Å². The molecule has 4 rings (SSSR count). The first-order valence-corrected chi connectivity index (χ1v) is 9.74. The summed E-state index contributed by atoms with van der Waals surface area (Å²) in [6.45, 7) is 9.53. The SMILES string of the molecule is Cc1ccc(Cn2c(-c3ccc(C)s3)nc3cc(C)c(C)cc32)s1. The summed E-state index contributed by atoms with van der Waals surface area (Å²) in [7, 11) is 0. The highest BCUT2D eigenvalue weighted by Gasteiger charge is 2.16. The summed E-state index contributed by atoms with van der Waals surface area (Å²) in [4.78, 5) is 10.3. The Morgan fingerprint density at radius 3 is 2.25 bits per heavy atom. The van der Waals surface area contributed by atoms with Crippen LogP contribution in [-0.2, 0) is 6.54 Å². The summed E-state index contributed by atoms with van der Waals surface area (Å²) < 4.78 is 2.37. The third kappa shape index (κ3) is 2.70. The average Bonchev–Trinajstić information content (AvgIpc) is 3.22. The van der Waals surface area contributed by atoms with Gasteiger partial charge in [-0.1, -0.05) is 0 Å². The minimum atomic E-state index is 0.879. The Hall–Kier alpha value is -1.91. The number of rotatable bonds is 3. The van der Waals surface area contributed by atoms with E-state index in [-0.39, 0.29) is 0 Å². The molecule has 0 amide bonds. The molecule has 0 radical (unpaired) electrons. The van der Waals surface area contributed by atoms with Gasteiger partial charge in [-0.25, -0.2) is 4.98 Å². The maximum absolute atomic E-state index is 4.98. The molecule has 0 aliphatic heterocycles. The molecule has 0 N–H and O–H groups in total. The van der Waals surface area contributed by atoms with Crippen molar-refractivity contribution < 1.29 is 0 Å². The molecule has 0 saturated heterocycles. The van der Waals surface area contributed by atoms with Gasteiger partial charge in [-0.2, -0.15) is 0 Å². The topological polar surface area (TPSA) is 17.8 Å². The monoisotopic (exact) mass is 352 g/mol. The fraction of sp³-hybridized carbons (Fsp3) is 0.250. The van der Waals surface area contributed by atoms with Crippen molar-refractivity contribution in [2.45, 2.75) is 34.2 Å². The Balaban J connectivity index is 1.94. The first-order chi connectivity index (χ1) is 11.5. The van der Waals surface area contributed by atoms with Gasteiger partial charge in [0.05, 0.1) is 22.5 Å². The zero-order valence-corrected chi connectivity index (χ0v) is 16.0. The summed E-state index contributed by atoms with van der Waals surface area (Å²) in [6.07, 6.45) is 0. The van der Waals surface area contributed by atoms with Crippen LogP contribution >= 0.6 is 22.7 Å². The Morgan fingerprint density at radius 1 is 0.875 bits per heavy atom. The van der Waals surface area contributed by atoms with Crippen LogP contribution in [0.15, 0.2) is 36.4 Å². The van der Waals surface area contributed by atoms with Crippen LogP contribution in [0.1, 0.15) is 25.8 Å². The van der Waals surface area contributed by atoms with E-state index >= 15 is 0 Å². The summed E-state index contributed by atoms with van der Waals surface area (Å²) >= 11 is 3.68. The molecule has 24 heavy (non-hydrogen) atoms. The molecule has 0 fully saturated rings. The number of fused-ring (bicyclic) bond motifs is 1. The van der Waals surface area contributed by atoms with E-state index in [4.69, 9.17) is 4.98 Å². The van der Waals surface area contributed by atoms with E-state index in [1.807, 2.05) is 22.7 Å². The molecule has 0 aliphatic rings.